The van der Waals surface area contributed by atoms with Crippen LogP contribution in [0.25, 0.3) is 22.3 Å². The Kier molecular flexibility index (Phi) is 6.14. The van der Waals surface area contributed by atoms with Gasteiger partial charge in [0.2, 0.25) is 0 Å². The SMILES string of the molecule is Cc1cc(F)c(OCc2ccc(-c3ccc(-c4cc(F)c(F)c(F)c4)c(F)c3)cc2)c(F)c1. The molecule has 0 bridgehead atoms. The van der Waals surface area contributed by atoms with Gasteiger partial charge in [0.25, 0.3) is 0 Å². The molecule has 0 heterocycles. The molecular formula is C26H16F6O. The fraction of sp³-hybridized carbons (Fsp3) is 0.0769. The molecule has 0 fully saturated rings. The first-order chi connectivity index (χ1) is 15.7. The van der Waals surface area contributed by atoms with E-state index in [1.807, 2.05) is 0 Å². The Morgan fingerprint density at radius 1 is 0.576 bits per heavy atom. The molecule has 0 aliphatic carbocycles. The van der Waals surface area contributed by atoms with Crippen molar-refractivity contribution in [2.24, 2.45) is 0 Å². The summed E-state index contributed by atoms with van der Waals surface area (Å²) in [5.41, 5.74) is 1.99. The van der Waals surface area contributed by atoms with E-state index in [0.29, 0.717) is 22.3 Å². The van der Waals surface area contributed by atoms with Crippen LogP contribution in [0.15, 0.2) is 66.7 Å². The van der Waals surface area contributed by atoms with E-state index in [0.717, 1.165) is 12.1 Å². The molecule has 33 heavy (non-hydrogen) atoms. The fourth-order valence-electron chi connectivity index (χ4n) is 3.41. The summed E-state index contributed by atoms with van der Waals surface area (Å²) in [7, 11) is 0. The van der Waals surface area contributed by atoms with Gasteiger partial charge in [-0.25, -0.2) is 26.3 Å². The van der Waals surface area contributed by atoms with E-state index in [4.69, 9.17) is 4.74 Å². The first-order valence-electron chi connectivity index (χ1n) is 9.85. The molecule has 4 aromatic rings. The molecule has 0 atom stereocenters. The predicted molar refractivity (Wildman–Crippen MR) is 113 cm³/mol. The number of halogens is 6. The Balaban J connectivity index is 1.52. The van der Waals surface area contributed by atoms with Crippen LogP contribution in [0.5, 0.6) is 5.75 Å². The van der Waals surface area contributed by atoms with Gasteiger partial charge in [0.15, 0.2) is 34.8 Å². The molecule has 0 aliphatic rings. The lowest BCUT2D eigenvalue weighted by Gasteiger charge is -2.11. The average molecular weight is 458 g/mol. The summed E-state index contributed by atoms with van der Waals surface area (Å²) in [6.07, 6.45) is 0. The van der Waals surface area contributed by atoms with Crippen molar-refractivity contribution >= 4 is 0 Å². The lowest BCUT2D eigenvalue weighted by molar-refractivity contribution is 0.274. The first-order valence-corrected chi connectivity index (χ1v) is 9.85. The smallest absolute Gasteiger partial charge is 0.194 e. The van der Waals surface area contributed by atoms with Crippen molar-refractivity contribution in [3.8, 4) is 28.0 Å². The Labute approximate surface area is 185 Å². The zero-order chi connectivity index (χ0) is 23.7. The highest BCUT2D eigenvalue weighted by molar-refractivity contribution is 5.71. The van der Waals surface area contributed by atoms with Crippen LogP contribution in [0, 0.1) is 41.8 Å². The molecule has 0 N–H and O–H groups in total. The Bertz CT molecular complexity index is 1290. The topological polar surface area (TPSA) is 9.23 Å². The Morgan fingerprint density at radius 2 is 1.12 bits per heavy atom. The van der Waals surface area contributed by atoms with Crippen LogP contribution in [0.3, 0.4) is 0 Å². The molecular weight excluding hydrogens is 442 g/mol. The monoisotopic (exact) mass is 458 g/mol. The summed E-state index contributed by atoms with van der Waals surface area (Å²) >= 11 is 0. The maximum atomic E-state index is 14.6. The second-order valence-corrected chi connectivity index (χ2v) is 7.49. The summed E-state index contributed by atoms with van der Waals surface area (Å²) in [5, 5.41) is 0. The van der Waals surface area contributed by atoms with Crippen LogP contribution in [0.4, 0.5) is 26.3 Å². The second-order valence-electron chi connectivity index (χ2n) is 7.49. The van der Waals surface area contributed by atoms with E-state index in [-0.39, 0.29) is 17.7 Å². The molecule has 168 valence electrons. The summed E-state index contributed by atoms with van der Waals surface area (Å²) in [5.74, 6) is -7.21. The van der Waals surface area contributed by atoms with Gasteiger partial charge < -0.3 is 4.74 Å². The van der Waals surface area contributed by atoms with Gasteiger partial charge in [0.1, 0.15) is 12.4 Å². The number of rotatable bonds is 5. The van der Waals surface area contributed by atoms with Crippen molar-refractivity contribution in [1.29, 1.82) is 0 Å². The van der Waals surface area contributed by atoms with Gasteiger partial charge in [-0.05, 0) is 65.1 Å². The van der Waals surface area contributed by atoms with Crippen molar-refractivity contribution in [3.63, 3.8) is 0 Å². The van der Waals surface area contributed by atoms with Gasteiger partial charge in [-0.1, -0.05) is 36.4 Å². The highest BCUT2D eigenvalue weighted by atomic mass is 19.2. The van der Waals surface area contributed by atoms with Gasteiger partial charge in [0, 0.05) is 5.56 Å². The van der Waals surface area contributed by atoms with Crippen LogP contribution >= 0.6 is 0 Å². The van der Waals surface area contributed by atoms with E-state index < -0.39 is 40.7 Å². The summed E-state index contributed by atoms with van der Waals surface area (Å²) < 4.78 is 87.8. The van der Waals surface area contributed by atoms with Crippen molar-refractivity contribution in [2.75, 3.05) is 0 Å². The zero-order valence-electron chi connectivity index (χ0n) is 17.2. The largest absolute Gasteiger partial charge is 0.483 e. The van der Waals surface area contributed by atoms with Crippen molar-refractivity contribution in [1.82, 2.24) is 0 Å². The summed E-state index contributed by atoms with van der Waals surface area (Å²) in [6.45, 7) is 1.49. The third-order valence-electron chi connectivity index (χ3n) is 5.08. The van der Waals surface area contributed by atoms with Gasteiger partial charge in [-0.15, -0.1) is 0 Å². The summed E-state index contributed by atoms with van der Waals surface area (Å²) in [6, 6.07) is 14.6. The van der Waals surface area contributed by atoms with E-state index >= 15 is 0 Å². The van der Waals surface area contributed by atoms with Crippen LogP contribution in [0.2, 0.25) is 0 Å². The minimum Gasteiger partial charge on any atom is -0.483 e. The van der Waals surface area contributed by atoms with E-state index in [1.165, 1.54) is 24.3 Å². The highest BCUT2D eigenvalue weighted by Crippen LogP contribution is 2.30. The van der Waals surface area contributed by atoms with Gasteiger partial charge >= 0.3 is 0 Å². The molecule has 0 radical (unpaired) electrons. The lowest BCUT2D eigenvalue weighted by atomic mass is 9.99. The number of benzene rings is 4. The van der Waals surface area contributed by atoms with Gasteiger partial charge in [0.05, 0.1) is 0 Å². The molecule has 4 aromatic carbocycles. The minimum atomic E-state index is -1.62. The molecule has 0 amide bonds. The fourth-order valence-corrected chi connectivity index (χ4v) is 3.41. The van der Waals surface area contributed by atoms with E-state index in [1.54, 1.807) is 37.3 Å². The van der Waals surface area contributed by atoms with Crippen molar-refractivity contribution < 1.29 is 31.1 Å². The molecule has 0 spiro atoms. The number of aryl methyl sites for hydroxylation is 1. The molecule has 0 saturated heterocycles. The quantitative estimate of drug-likeness (QED) is 0.220. The third-order valence-corrected chi connectivity index (χ3v) is 5.08. The highest BCUT2D eigenvalue weighted by Gasteiger charge is 2.15. The van der Waals surface area contributed by atoms with Gasteiger partial charge in [-0.2, -0.15) is 0 Å². The lowest BCUT2D eigenvalue weighted by Crippen LogP contribution is -2.00. The van der Waals surface area contributed by atoms with E-state index in [9.17, 15) is 26.3 Å². The van der Waals surface area contributed by atoms with Crippen molar-refractivity contribution in [2.45, 2.75) is 13.5 Å². The standard InChI is InChI=1S/C26H16F6O/c1-14-8-23(30)26(24(31)9-14)33-13-15-2-4-16(5-3-15)17-6-7-19(20(27)10-17)18-11-21(28)25(32)22(29)12-18/h2-12H,13H2,1H3. The number of ether oxygens (including phenoxy) is 1. The molecule has 1 nitrogen and oxygen atoms in total. The minimum absolute atomic E-state index is 0.0772. The maximum Gasteiger partial charge on any atom is 0.194 e. The normalized spacial score (nSPS) is 11.0. The predicted octanol–water partition coefficient (Wildman–Crippen LogP) is 7.74. The van der Waals surface area contributed by atoms with Crippen LogP contribution in [-0.4, -0.2) is 0 Å². The van der Waals surface area contributed by atoms with Crippen LogP contribution < -0.4 is 4.74 Å². The molecule has 7 heteroatoms. The molecule has 0 aromatic heterocycles. The number of hydrogen-bond donors (Lipinski definition) is 0. The molecule has 0 saturated carbocycles. The Hall–Kier alpha value is -3.74. The number of hydrogen-bond acceptors (Lipinski definition) is 1. The molecule has 0 unspecified atom stereocenters. The average Bonchev–Trinajstić information content (AvgIpc) is 2.77. The summed E-state index contributed by atoms with van der Waals surface area (Å²) in [4.78, 5) is 0. The van der Waals surface area contributed by atoms with Gasteiger partial charge in [-0.3, -0.25) is 0 Å². The second kappa shape index (κ2) is 9.02. The van der Waals surface area contributed by atoms with Crippen LogP contribution in [0.1, 0.15) is 11.1 Å². The zero-order valence-corrected chi connectivity index (χ0v) is 17.2. The van der Waals surface area contributed by atoms with Crippen LogP contribution in [-0.2, 0) is 6.61 Å². The molecule has 0 aliphatic heterocycles. The molecule has 4 rings (SSSR count). The van der Waals surface area contributed by atoms with Crippen molar-refractivity contribution in [3.05, 3.63) is 113 Å². The Morgan fingerprint density at radius 3 is 1.70 bits per heavy atom. The third kappa shape index (κ3) is 4.72. The maximum absolute atomic E-state index is 14.6. The van der Waals surface area contributed by atoms with E-state index in [2.05, 4.69) is 0 Å². The first kappa shape index (κ1) is 22.5.